The molecular weight excluding hydrogens is 164 g/mol. The van der Waals surface area contributed by atoms with Gasteiger partial charge in [0.1, 0.15) is 0 Å². The van der Waals surface area contributed by atoms with E-state index < -0.39 is 0 Å². The largest absolute Gasteiger partial charge is 0.338 e. The van der Waals surface area contributed by atoms with E-state index in [0.717, 1.165) is 13.0 Å². The molecule has 0 aromatic carbocycles. The third kappa shape index (κ3) is 9.18. The maximum absolute atomic E-state index is 11.1. The monoisotopic (exact) mass is 186 g/mol. The molecule has 0 aromatic heterocycles. The van der Waals surface area contributed by atoms with Crippen LogP contribution >= 0.6 is 0 Å². The number of rotatable bonds is 3. The van der Waals surface area contributed by atoms with E-state index in [1.165, 1.54) is 0 Å². The van der Waals surface area contributed by atoms with Crippen LogP contribution < -0.4 is 10.6 Å². The van der Waals surface area contributed by atoms with Crippen LogP contribution in [0, 0.1) is 5.41 Å². The summed E-state index contributed by atoms with van der Waals surface area (Å²) in [5.74, 6) is 0. The second-order valence-electron chi connectivity index (χ2n) is 4.87. The summed E-state index contributed by atoms with van der Waals surface area (Å²) in [6, 6.07) is 0.133. The predicted molar refractivity (Wildman–Crippen MR) is 55.7 cm³/mol. The van der Waals surface area contributed by atoms with E-state index in [0.29, 0.717) is 0 Å². The first kappa shape index (κ1) is 12.3. The van der Waals surface area contributed by atoms with E-state index >= 15 is 0 Å². The molecular formula is C10H22N2O. The maximum atomic E-state index is 11.1. The molecule has 0 spiro atoms. The van der Waals surface area contributed by atoms with Gasteiger partial charge < -0.3 is 10.6 Å². The van der Waals surface area contributed by atoms with Crippen LogP contribution in [0.3, 0.4) is 0 Å². The summed E-state index contributed by atoms with van der Waals surface area (Å²) in [6.07, 6.45) is 0.999. The van der Waals surface area contributed by atoms with E-state index in [4.69, 9.17) is 0 Å². The number of carbonyl (C=O) groups is 1. The fourth-order valence-electron chi connectivity index (χ4n) is 0.864. The molecule has 78 valence electrons. The highest BCUT2D eigenvalue weighted by atomic mass is 16.2. The first-order valence-corrected chi connectivity index (χ1v) is 4.85. The molecule has 0 unspecified atom stereocenters. The Bertz CT molecular complexity index is 159. The summed E-state index contributed by atoms with van der Waals surface area (Å²) < 4.78 is 0. The second-order valence-corrected chi connectivity index (χ2v) is 4.87. The lowest BCUT2D eigenvalue weighted by Gasteiger charge is -2.18. The molecule has 0 bridgehead atoms. The van der Waals surface area contributed by atoms with Gasteiger partial charge in [-0.1, -0.05) is 20.8 Å². The molecule has 0 saturated heterocycles. The minimum absolute atomic E-state index is 0.0701. The molecule has 0 aromatic rings. The molecule has 0 aliphatic rings. The zero-order chi connectivity index (χ0) is 10.5. The summed E-state index contributed by atoms with van der Waals surface area (Å²) in [7, 11) is 0. The average molecular weight is 186 g/mol. The number of carbonyl (C=O) groups excluding carboxylic acids is 1. The first-order valence-electron chi connectivity index (χ1n) is 4.85. The predicted octanol–water partition coefficient (Wildman–Crippen LogP) is 2.13. The van der Waals surface area contributed by atoms with Gasteiger partial charge in [0.25, 0.3) is 0 Å². The standard InChI is InChI=1S/C10H22N2O/c1-8(2)12-9(13)11-7-6-10(3,4)5/h8H,6-7H2,1-5H3,(H2,11,12,13). The Hall–Kier alpha value is -0.730. The first-order chi connectivity index (χ1) is 5.81. The highest BCUT2D eigenvalue weighted by molar-refractivity contribution is 5.73. The normalized spacial score (nSPS) is 11.5. The van der Waals surface area contributed by atoms with Gasteiger partial charge in [0.15, 0.2) is 0 Å². The highest BCUT2D eigenvalue weighted by Gasteiger charge is 2.10. The molecule has 0 rings (SSSR count). The zero-order valence-electron chi connectivity index (χ0n) is 9.40. The number of amides is 2. The van der Waals surface area contributed by atoms with Gasteiger partial charge in [-0.25, -0.2) is 4.79 Å². The Balaban J connectivity index is 3.49. The molecule has 3 heteroatoms. The molecule has 0 aliphatic carbocycles. The van der Waals surface area contributed by atoms with Crippen molar-refractivity contribution in [2.75, 3.05) is 6.54 Å². The molecule has 0 atom stereocenters. The van der Waals surface area contributed by atoms with Crippen LogP contribution in [0.1, 0.15) is 41.0 Å². The number of urea groups is 1. The van der Waals surface area contributed by atoms with Crippen molar-refractivity contribution in [3.63, 3.8) is 0 Å². The van der Waals surface area contributed by atoms with Crippen LogP contribution in [0.4, 0.5) is 4.79 Å². The minimum atomic E-state index is -0.0701. The molecule has 0 heterocycles. The van der Waals surface area contributed by atoms with Crippen molar-refractivity contribution in [2.24, 2.45) is 5.41 Å². The van der Waals surface area contributed by atoms with E-state index in [-0.39, 0.29) is 17.5 Å². The minimum Gasteiger partial charge on any atom is -0.338 e. The smallest absolute Gasteiger partial charge is 0.314 e. The van der Waals surface area contributed by atoms with Crippen LogP contribution in [0.2, 0.25) is 0 Å². The van der Waals surface area contributed by atoms with Gasteiger partial charge in [-0.3, -0.25) is 0 Å². The molecule has 0 aliphatic heterocycles. The quantitative estimate of drug-likeness (QED) is 0.696. The second kappa shape index (κ2) is 5.10. The van der Waals surface area contributed by atoms with Crippen LogP contribution in [0.5, 0.6) is 0 Å². The Labute approximate surface area is 81.3 Å². The summed E-state index contributed by atoms with van der Waals surface area (Å²) >= 11 is 0. The molecule has 2 amide bonds. The topological polar surface area (TPSA) is 41.1 Å². The van der Waals surface area contributed by atoms with Gasteiger partial charge in [-0.05, 0) is 25.7 Å². The van der Waals surface area contributed by atoms with Gasteiger partial charge in [0, 0.05) is 12.6 Å². The Kier molecular flexibility index (Phi) is 4.81. The van der Waals surface area contributed by atoms with Gasteiger partial charge >= 0.3 is 6.03 Å². The zero-order valence-corrected chi connectivity index (χ0v) is 9.40. The van der Waals surface area contributed by atoms with Crippen molar-refractivity contribution in [1.82, 2.24) is 10.6 Å². The fourth-order valence-corrected chi connectivity index (χ4v) is 0.864. The summed E-state index contributed by atoms with van der Waals surface area (Å²) in [4.78, 5) is 11.1. The summed E-state index contributed by atoms with van der Waals surface area (Å²) in [5.41, 5.74) is 0.283. The van der Waals surface area contributed by atoms with Crippen molar-refractivity contribution in [3.8, 4) is 0 Å². The van der Waals surface area contributed by atoms with Gasteiger partial charge in [-0.2, -0.15) is 0 Å². The third-order valence-electron chi connectivity index (χ3n) is 1.58. The average Bonchev–Trinajstić information content (AvgIpc) is 1.81. The lowest BCUT2D eigenvalue weighted by molar-refractivity contribution is 0.236. The Morgan fingerprint density at radius 1 is 1.31 bits per heavy atom. The Morgan fingerprint density at radius 2 is 1.85 bits per heavy atom. The van der Waals surface area contributed by atoms with E-state index in [2.05, 4.69) is 31.4 Å². The number of hydrogen-bond acceptors (Lipinski definition) is 1. The van der Waals surface area contributed by atoms with E-state index in [1.54, 1.807) is 0 Å². The van der Waals surface area contributed by atoms with Crippen molar-refractivity contribution < 1.29 is 4.79 Å². The van der Waals surface area contributed by atoms with Crippen molar-refractivity contribution >= 4 is 6.03 Å². The van der Waals surface area contributed by atoms with Gasteiger partial charge in [0.2, 0.25) is 0 Å². The molecule has 13 heavy (non-hydrogen) atoms. The highest BCUT2D eigenvalue weighted by Crippen LogP contribution is 2.16. The van der Waals surface area contributed by atoms with Gasteiger partial charge in [0.05, 0.1) is 0 Å². The number of nitrogens with one attached hydrogen (secondary N) is 2. The van der Waals surface area contributed by atoms with Crippen molar-refractivity contribution in [1.29, 1.82) is 0 Å². The molecule has 2 N–H and O–H groups in total. The van der Waals surface area contributed by atoms with E-state index in [1.807, 2.05) is 13.8 Å². The van der Waals surface area contributed by atoms with Crippen LogP contribution in [0.25, 0.3) is 0 Å². The van der Waals surface area contributed by atoms with Crippen LogP contribution in [-0.2, 0) is 0 Å². The lowest BCUT2D eigenvalue weighted by Crippen LogP contribution is -2.40. The SMILES string of the molecule is CC(C)NC(=O)NCCC(C)(C)C. The molecule has 3 nitrogen and oxygen atoms in total. The fraction of sp³-hybridized carbons (Fsp3) is 0.900. The van der Waals surface area contributed by atoms with Crippen molar-refractivity contribution in [2.45, 2.75) is 47.1 Å². The van der Waals surface area contributed by atoms with E-state index in [9.17, 15) is 4.79 Å². The molecule has 0 saturated carbocycles. The summed E-state index contributed by atoms with van der Waals surface area (Å²) in [5, 5.41) is 5.60. The third-order valence-corrected chi connectivity index (χ3v) is 1.58. The Morgan fingerprint density at radius 3 is 2.23 bits per heavy atom. The van der Waals surface area contributed by atoms with Crippen molar-refractivity contribution in [3.05, 3.63) is 0 Å². The molecule has 0 radical (unpaired) electrons. The lowest BCUT2D eigenvalue weighted by atomic mass is 9.92. The van der Waals surface area contributed by atoms with Crippen LogP contribution in [0.15, 0.2) is 0 Å². The van der Waals surface area contributed by atoms with Crippen LogP contribution in [-0.4, -0.2) is 18.6 Å². The number of hydrogen-bond donors (Lipinski definition) is 2. The maximum Gasteiger partial charge on any atom is 0.314 e. The van der Waals surface area contributed by atoms with Gasteiger partial charge in [-0.15, -0.1) is 0 Å². The molecule has 0 fully saturated rings. The summed E-state index contributed by atoms with van der Waals surface area (Å²) in [6.45, 7) is 11.1.